The molecule has 0 aliphatic carbocycles. The highest BCUT2D eigenvalue weighted by Crippen LogP contribution is 2.05. The maximum absolute atomic E-state index is 12.4. The third kappa shape index (κ3) is 5.32. The molecule has 0 aliphatic heterocycles. The zero-order valence-corrected chi connectivity index (χ0v) is 13.9. The SMILES string of the molecule is CCCN(Cc1ccncc1)C(=O)NCc1nc(C)cc(C)n1. The van der Waals surface area contributed by atoms with Gasteiger partial charge < -0.3 is 10.2 Å². The van der Waals surface area contributed by atoms with E-state index in [1.54, 1.807) is 17.3 Å². The number of urea groups is 1. The van der Waals surface area contributed by atoms with Gasteiger partial charge >= 0.3 is 6.03 Å². The van der Waals surface area contributed by atoms with Crippen molar-refractivity contribution >= 4 is 6.03 Å². The molecule has 1 N–H and O–H groups in total. The molecule has 2 aromatic rings. The van der Waals surface area contributed by atoms with Crippen molar-refractivity contribution in [3.8, 4) is 0 Å². The third-order valence-electron chi connectivity index (χ3n) is 3.33. The summed E-state index contributed by atoms with van der Waals surface area (Å²) in [7, 11) is 0. The Balaban J connectivity index is 1.97. The maximum Gasteiger partial charge on any atom is 0.318 e. The van der Waals surface area contributed by atoms with Crippen LogP contribution >= 0.6 is 0 Å². The lowest BCUT2D eigenvalue weighted by atomic mass is 10.2. The molecule has 2 amide bonds. The van der Waals surface area contributed by atoms with Gasteiger partial charge in [-0.15, -0.1) is 0 Å². The second kappa shape index (κ2) is 8.22. The number of carbonyl (C=O) groups excluding carboxylic acids is 1. The first-order chi connectivity index (χ1) is 11.1. The van der Waals surface area contributed by atoms with E-state index in [0.717, 1.165) is 23.4 Å². The number of hydrogen-bond donors (Lipinski definition) is 1. The molecule has 2 aromatic heterocycles. The highest BCUT2D eigenvalue weighted by Gasteiger charge is 2.13. The zero-order chi connectivity index (χ0) is 16.7. The van der Waals surface area contributed by atoms with Crippen LogP contribution in [0.5, 0.6) is 0 Å². The van der Waals surface area contributed by atoms with E-state index in [4.69, 9.17) is 0 Å². The van der Waals surface area contributed by atoms with E-state index in [1.165, 1.54) is 0 Å². The number of pyridine rings is 1. The van der Waals surface area contributed by atoms with Gasteiger partial charge in [0.05, 0.1) is 6.54 Å². The van der Waals surface area contributed by atoms with E-state index in [1.807, 2.05) is 32.0 Å². The van der Waals surface area contributed by atoms with Gasteiger partial charge in [-0.05, 0) is 44.0 Å². The molecule has 0 fully saturated rings. The summed E-state index contributed by atoms with van der Waals surface area (Å²) in [5.74, 6) is 0.635. The van der Waals surface area contributed by atoms with E-state index in [-0.39, 0.29) is 6.03 Å². The predicted molar refractivity (Wildman–Crippen MR) is 88.7 cm³/mol. The Morgan fingerprint density at radius 1 is 1.17 bits per heavy atom. The molecule has 2 heterocycles. The van der Waals surface area contributed by atoms with Crippen LogP contribution in [0, 0.1) is 13.8 Å². The Morgan fingerprint density at radius 3 is 2.43 bits per heavy atom. The minimum Gasteiger partial charge on any atom is -0.331 e. The summed E-state index contributed by atoms with van der Waals surface area (Å²) in [6.07, 6.45) is 4.38. The van der Waals surface area contributed by atoms with Crippen LogP contribution in [0.25, 0.3) is 0 Å². The lowest BCUT2D eigenvalue weighted by Gasteiger charge is -2.22. The van der Waals surface area contributed by atoms with Crippen LogP contribution in [0.2, 0.25) is 0 Å². The summed E-state index contributed by atoms with van der Waals surface area (Å²) >= 11 is 0. The van der Waals surface area contributed by atoms with E-state index >= 15 is 0 Å². The quantitative estimate of drug-likeness (QED) is 0.890. The average Bonchev–Trinajstić information content (AvgIpc) is 2.52. The van der Waals surface area contributed by atoms with Crippen LogP contribution in [0.15, 0.2) is 30.6 Å². The lowest BCUT2D eigenvalue weighted by Crippen LogP contribution is -2.40. The Hall–Kier alpha value is -2.50. The molecule has 0 spiro atoms. The van der Waals surface area contributed by atoms with E-state index in [9.17, 15) is 4.79 Å². The molecule has 6 heteroatoms. The first-order valence-electron chi connectivity index (χ1n) is 7.81. The number of aryl methyl sites for hydroxylation is 2. The maximum atomic E-state index is 12.4. The van der Waals surface area contributed by atoms with Crippen LogP contribution in [-0.4, -0.2) is 32.4 Å². The molecular formula is C17H23N5O. The van der Waals surface area contributed by atoms with Crippen LogP contribution < -0.4 is 5.32 Å². The number of amides is 2. The van der Waals surface area contributed by atoms with Crippen LogP contribution in [0.1, 0.15) is 36.1 Å². The summed E-state index contributed by atoms with van der Waals surface area (Å²) in [6.45, 7) is 7.50. The van der Waals surface area contributed by atoms with Gasteiger partial charge in [-0.1, -0.05) is 6.92 Å². The molecule has 6 nitrogen and oxygen atoms in total. The largest absolute Gasteiger partial charge is 0.331 e. The summed E-state index contributed by atoms with van der Waals surface area (Å²) in [4.78, 5) is 26.9. The van der Waals surface area contributed by atoms with Gasteiger partial charge in [-0.25, -0.2) is 14.8 Å². The first-order valence-corrected chi connectivity index (χ1v) is 7.81. The second-order valence-electron chi connectivity index (χ2n) is 5.50. The summed E-state index contributed by atoms with van der Waals surface area (Å²) in [6, 6.07) is 5.65. The minimum absolute atomic E-state index is 0.105. The molecule has 23 heavy (non-hydrogen) atoms. The smallest absolute Gasteiger partial charge is 0.318 e. The Kier molecular flexibility index (Phi) is 6.02. The van der Waals surface area contributed by atoms with Crippen molar-refractivity contribution in [3.05, 3.63) is 53.4 Å². The number of hydrogen-bond acceptors (Lipinski definition) is 4. The van der Waals surface area contributed by atoms with E-state index in [2.05, 4.69) is 27.2 Å². The summed E-state index contributed by atoms with van der Waals surface area (Å²) in [5, 5.41) is 2.90. The number of carbonyl (C=O) groups is 1. The minimum atomic E-state index is -0.105. The van der Waals surface area contributed by atoms with Crippen molar-refractivity contribution in [1.82, 2.24) is 25.2 Å². The fourth-order valence-corrected chi connectivity index (χ4v) is 2.38. The van der Waals surface area contributed by atoms with E-state index < -0.39 is 0 Å². The van der Waals surface area contributed by atoms with Crippen LogP contribution in [0.4, 0.5) is 4.79 Å². The molecule has 0 saturated heterocycles. The molecule has 0 atom stereocenters. The molecule has 122 valence electrons. The Morgan fingerprint density at radius 2 is 1.83 bits per heavy atom. The topological polar surface area (TPSA) is 71.0 Å². The van der Waals surface area contributed by atoms with Crippen molar-refractivity contribution in [2.24, 2.45) is 0 Å². The second-order valence-corrected chi connectivity index (χ2v) is 5.50. The molecule has 0 unspecified atom stereocenters. The van der Waals surface area contributed by atoms with Crippen LogP contribution in [-0.2, 0) is 13.1 Å². The monoisotopic (exact) mass is 313 g/mol. The number of rotatable bonds is 6. The standard InChI is InChI=1S/C17H23N5O/c1-4-9-22(12-15-5-7-18-8-6-15)17(23)19-11-16-20-13(2)10-14(3)21-16/h5-8,10H,4,9,11-12H2,1-3H3,(H,19,23). The highest BCUT2D eigenvalue weighted by molar-refractivity contribution is 5.74. The highest BCUT2D eigenvalue weighted by atomic mass is 16.2. The van der Waals surface area contributed by atoms with Gasteiger partial charge in [0.25, 0.3) is 0 Å². The summed E-state index contributed by atoms with van der Waals surface area (Å²) < 4.78 is 0. The van der Waals surface area contributed by atoms with Gasteiger partial charge in [0.2, 0.25) is 0 Å². The molecule has 0 aliphatic rings. The summed E-state index contributed by atoms with van der Waals surface area (Å²) in [5.41, 5.74) is 2.87. The molecule has 0 aromatic carbocycles. The van der Waals surface area contributed by atoms with Gasteiger partial charge in [-0.3, -0.25) is 4.98 Å². The number of nitrogens with zero attached hydrogens (tertiary/aromatic N) is 4. The van der Waals surface area contributed by atoms with Crippen molar-refractivity contribution in [2.75, 3.05) is 6.54 Å². The molecule has 0 radical (unpaired) electrons. The molecular weight excluding hydrogens is 290 g/mol. The predicted octanol–water partition coefficient (Wildman–Crippen LogP) is 2.61. The van der Waals surface area contributed by atoms with Gasteiger partial charge in [-0.2, -0.15) is 0 Å². The number of nitrogens with one attached hydrogen (secondary N) is 1. The number of aromatic nitrogens is 3. The normalized spacial score (nSPS) is 10.4. The molecule has 2 rings (SSSR count). The van der Waals surface area contributed by atoms with E-state index in [0.29, 0.717) is 25.5 Å². The fourth-order valence-electron chi connectivity index (χ4n) is 2.38. The molecule has 0 bridgehead atoms. The molecule has 0 saturated carbocycles. The van der Waals surface area contributed by atoms with Gasteiger partial charge in [0.1, 0.15) is 5.82 Å². The van der Waals surface area contributed by atoms with Crippen molar-refractivity contribution in [1.29, 1.82) is 0 Å². The fraction of sp³-hybridized carbons (Fsp3) is 0.412. The lowest BCUT2D eigenvalue weighted by molar-refractivity contribution is 0.194. The van der Waals surface area contributed by atoms with Crippen molar-refractivity contribution < 1.29 is 4.79 Å². The average molecular weight is 313 g/mol. The zero-order valence-electron chi connectivity index (χ0n) is 13.9. The Bertz CT molecular complexity index is 624. The Labute approximate surface area is 137 Å². The van der Waals surface area contributed by atoms with Crippen LogP contribution in [0.3, 0.4) is 0 Å². The van der Waals surface area contributed by atoms with Gasteiger partial charge in [0, 0.05) is 36.9 Å². The first kappa shape index (κ1) is 16.9. The van der Waals surface area contributed by atoms with Gasteiger partial charge in [0.15, 0.2) is 0 Å². The third-order valence-corrected chi connectivity index (χ3v) is 3.33. The van der Waals surface area contributed by atoms with Crippen molar-refractivity contribution in [2.45, 2.75) is 40.3 Å². The van der Waals surface area contributed by atoms with Crippen molar-refractivity contribution in [3.63, 3.8) is 0 Å².